The molecule has 108 valence electrons. The van der Waals surface area contributed by atoms with Gasteiger partial charge in [-0.2, -0.15) is 10.5 Å². The van der Waals surface area contributed by atoms with Crippen molar-refractivity contribution in [2.24, 2.45) is 0 Å². The van der Waals surface area contributed by atoms with E-state index in [9.17, 15) is 5.26 Å². The van der Waals surface area contributed by atoms with Crippen LogP contribution in [0.3, 0.4) is 0 Å². The zero-order chi connectivity index (χ0) is 15.4. The topological polar surface area (TPSA) is 66.0 Å². The van der Waals surface area contributed by atoms with E-state index in [1.165, 1.54) is 0 Å². The molecule has 1 aliphatic rings. The highest BCUT2D eigenvalue weighted by Gasteiger charge is 2.17. The van der Waals surface area contributed by atoms with Crippen molar-refractivity contribution in [1.29, 1.82) is 10.5 Å². The number of hydrogen-bond donors (Lipinski definition) is 0. The van der Waals surface area contributed by atoms with E-state index in [1.54, 1.807) is 6.07 Å². The summed E-state index contributed by atoms with van der Waals surface area (Å²) in [6, 6.07) is 17.4. The SMILES string of the molecule is N#Cc1cccc(CC(C#N)c2ccc3c(c2)OCCO3)c1. The Morgan fingerprint density at radius 1 is 1.00 bits per heavy atom. The third-order valence-electron chi connectivity index (χ3n) is 3.62. The Morgan fingerprint density at radius 3 is 2.59 bits per heavy atom. The average Bonchev–Trinajstić information content (AvgIpc) is 2.59. The average molecular weight is 290 g/mol. The lowest BCUT2D eigenvalue weighted by molar-refractivity contribution is 0.171. The molecule has 22 heavy (non-hydrogen) atoms. The predicted octanol–water partition coefficient (Wildman–Crippen LogP) is 3.18. The normalized spacial score (nSPS) is 13.7. The van der Waals surface area contributed by atoms with Crippen molar-refractivity contribution >= 4 is 0 Å². The van der Waals surface area contributed by atoms with Gasteiger partial charge < -0.3 is 9.47 Å². The molecule has 4 nitrogen and oxygen atoms in total. The molecule has 0 fully saturated rings. The van der Waals surface area contributed by atoms with Gasteiger partial charge in [-0.25, -0.2) is 0 Å². The van der Waals surface area contributed by atoms with Crippen molar-refractivity contribution in [2.45, 2.75) is 12.3 Å². The van der Waals surface area contributed by atoms with E-state index in [2.05, 4.69) is 12.1 Å². The van der Waals surface area contributed by atoms with Gasteiger partial charge in [0.1, 0.15) is 13.2 Å². The monoisotopic (exact) mass is 290 g/mol. The first-order chi connectivity index (χ1) is 10.8. The highest BCUT2D eigenvalue weighted by molar-refractivity contribution is 5.46. The standard InChI is InChI=1S/C18H14N2O2/c19-11-14-3-1-2-13(8-14)9-16(12-20)15-4-5-17-18(10-15)22-7-6-21-17/h1-5,8,10,16H,6-7,9H2. The minimum absolute atomic E-state index is 0.287. The lowest BCUT2D eigenvalue weighted by atomic mass is 9.92. The van der Waals surface area contributed by atoms with E-state index in [4.69, 9.17) is 14.7 Å². The van der Waals surface area contributed by atoms with Gasteiger partial charge in [-0.1, -0.05) is 18.2 Å². The molecule has 1 unspecified atom stereocenters. The zero-order valence-corrected chi connectivity index (χ0v) is 12.0. The summed E-state index contributed by atoms with van der Waals surface area (Å²) in [6.07, 6.45) is 0.561. The summed E-state index contributed by atoms with van der Waals surface area (Å²) < 4.78 is 11.1. The van der Waals surface area contributed by atoms with Crippen LogP contribution in [0.2, 0.25) is 0 Å². The molecule has 0 spiro atoms. The minimum Gasteiger partial charge on any atom is -0.486 e. The molecule has 0 N–H and O–H groups in total. The molecule has 2 aromatic carbocycles. The van der Waals surface area contributed by atoms with Crippen LogP contribution in [-0.4, -0.2) is 13.2 Å². The smallest absolute Gasteiger partial charge is 0.161 e. The summed E-state index contributed by atoms with van der Waals surface area (Å²) >= 11 is 0. The fraction of sp³-hybridized carbons (Fsp3) is 0.222. The van der Waals surface area contributed by atoms with Gasteiger partial charge in [0.25, 0.3) is 0 Å². The van der Waals surface area contributed by atoms with E-state index in [1.807, 2.05) is 36.4 Å². The number of rotatable bonds is 3. The second-order valence-electron chi connectivity index (χ2n) is 5.10. The Balaban J connectivity index is 1.85. The van der Waals surface area contributed by atoms with Crippen LogP contribution in [0.25, 0.3) is 0 Å². The maximum atomic E-state index is 9.48. The Hall–Kier alpha value is -2.98. The quantitative estimate of drug-likeness (QED) is 0.870. The zero-order valence-electron chi connectivity index (χ0n) is 12.0. The molecule has 0 saturated heterocycles. The fourth-order valence-electron chi connectivity index (χ4n) is 2.52. The summed E-state index contributed by atoms with van der Waals surface area (Å²) in [5, 5.41) is 18.4. The van der Waals surface area contributed by atoms with Gasteiger partial charge in [-0.3, -0.25) is 0 Å². The number of hydrogen-bond acceptors (Lipinski definition) is 4. The number of nitriles is 2. The second-order valence-corrected chi connectivity index (χ2v) is 5.10. The fourth-order valence-corrected chi connectivity index (χ4v) is 2.52. The van der Waals surface area contributed by atoms with Gasteiger partial charge in [0.15, 0.2) is 11.5 Å². The van der Waals surface area contributed by atoms with Crippen molar-refractivity contribution in [1.82, 2.24) is 0 Å². The van der Waals surface area contributed by atoms with Crippen LogP contribution in [0.4, 0.5) is 0 Å². The highest BCUT2D eigenvalue weighted by atomic mass is 16.6. The number of fused-ring (bicyclic) bond motifs is 1. The van der Waals surface area contributed by atoms with E-state index in [0.29, 0.717) is 30.9 Å². The first-order valence-corrected chi connectivity index (χ1v) is 7.08. The number of ether oxygens (including phenoxy) is 2. The second kappa shape index (κ2) is 6.20. The van der Waals surface area contributed by atoms with Crippen LogP contribution >= 0.6 is 0 Å². The Bertz CT molecular complexity index is 771. The summed E-state index contributed by atoms with van der Waals surface area (Å²) in [7, 11) is 0. The summed E-state index contributed by atoms with van der Waals surface area (Å²) in [5.41, 5.74) is 2.48. The first-order valence-electron chi connectivity index (χ1n) is 7.08. The lowest BCUT2D eigenvalue weighted by Crippen LogP contribution is -2.15. The van der Waals surface area contributed by atoms with Crippen LogP contribution in [0.1, 0.15) is 22.6 Å². The minimum atomic E-state index is -0.287. The predicted molar refractivity (Wildman–Crippen MR) is 80.6 cm³/mol. The molecule has 0 aromatic heterocycles. The van der Waals surface area contributed by atoms with Crippen LogP contribution in [0.5, 0.6) is 11.5 Å². The van der Waals surface area contributed by atoms with E-state index in [0.717, 1.165) is 16.9 Å². The summed E-state index contributed by atoms with van der Waals surface area (Å²) in [4.78, 5) is 0. The molecule has 1 aliphatic heterocycles. The summed E-state index contributed by atoms with van der Waals surface area (Å²) in [5.74, 6) is 1.12. The van der Waals surface area contributed by atoms with Crippen LogP contribution in [0.15, 0.2) is 42.5 Å². The number of benzene rings is 2. The Labute approximate surface area is 129 Å². The van der Waals surface area contributed by atoms with E-state index in [-0.39, 0.29) is 5.92 Å². The third kappa shape index (κ3) is 2.87. The highest BCUT2D eigenvalue weighted by Crippen LogP contribution is 2.34. The van der Waals surface area contributed by atoms with Crippen molar-refractivity contribution in [3.8, 4) is 23.6 Å². The van der Waals surface area contributed by atoms with Gasteiger partial charge in [0.2, 0.25) is 0 Å². The van der Waals surface area contributed by atoms with Crippen molar-refractivity contribution in [3.05, 3.63) is 59.2 Å². The molecule has 0 saturated carbocycles. The molecule has 0 radical (unpaired) electrons. The molecule has 0 amide bonds. The summed E-state index contributed by atoms with van der Waals surface area (Å²) in [6.45, 7) is 1.08. The third-order valence-corrected chi connectivity index (χ3v) is 3.62. The van der Waals surface area contributed by atoms with E-state index < -0.39 is 0 Å². The molecule has 0 bridgehead atoms. The molecule has 0 aliphatic carbocycles. The Morgan fingerprint density at radius 2 is 1.82 bits per heavy atom. The van der Waals surface area contributed by atoms with Crippen molar-refractivity contribution < 1.29 is 9.47 Å². The van der Waals surface area contributed by atoms with Gasteiger partial charge in [-0.15, -0.1) is 0 Å². The largest absolute Gasteiger partial charge is 0.486 e. The van der Waals surface area contributed by atoms with E-state index >= 15 is 0 Å². The molecule has 1 heterocycles. The maximum Gasteiger partial charge on any atom is 0.161 e. The number of nitrogens with zero attached hydrogens (tertiary/aromatic N) is 2. The molecule has 3 rings (SSSR count). The first kappa shape index (κ1) is 14.0. The van der Waals surface area contributed by atoms with Gasteiger partial charge >= 0.3 is 0 Å². The van der Waals surface area contributed by atoms with Crippen LogP contribution in [-0.2, 0) is 6.42 Å². The van der Waals surface area contributed by atoms with Gasteiger partial charge in [0, 0.05) is 0 Å². The Kier molecular flexibility index (Phi) is 3.94. The molecular formula is C18H14N2O2. The molecule has 2 aromatic rings. The van der Waals surface area contributed by atoms with Gasteiger partial charge in [-0.05, 0) is 41.8 Å². The molecular weight excluding hydrogens is 276 g/mol. The molecule has 1 atom stereocenters. The van der Waals surface area contributed by atoms with Crippen molar-refractivity contribution in [2.75, 3.05) is 13.2 Å². The van der Waals surface area contributed by atoms with Gasteiger partial charge in [0.05, 0.1) is 23.6 Å². The van der Waals surface area contributed by atoms with Crippen LogP contribution in [0, 0.1) is 22.7 Å². The molecule has 4 heteroatoms. The maximum absolute atomic E-state index is 9.48. The van der Waals surface area contributed by atoms with Crippen LogP contribution < -0.4 is 9.47 Å². The lowest BCUT2D eigenvalue weighted by Gasteiger charge is -2.20. The van der Waals surface area contributed by atoms with Crippen molar-refractivity contribution in [3.63, 3.8) is 0 Å².